The minimum atomic E-state index is -0.950. The van der Waals surface area contributed by atoms with Crippen molar-refractivity contribution in [2.24, 2.45) is 0 Å². The second-order valence-corrected chi connectivity index (χ2v) is 3.38. The summed E-state index contributed by atoms with van der Waals surface area (Å²) in [6.07, 6.45) is 0. The van der Waals surface area contributed by atoms with Gasteiger partial charge in [0.25, 0.3) is 0 Å². The highest BCUT2D eigenvalue weighted by Gasteiger charge is 2.04. The molecule has 0 fully saturated rings. The van der Waals surface area contributed by atoms with E-state index in [1.54, 1.807) is 0 Å². The Kier molecular flexibility index (Phi) is 3.13. The molecule has 0 atom stereocenters. The van der Waals surface area contributed by atoms with Crippen LogP contribution in [-0.4, -0.2) is 16.8 Å². The van der Waals surface area contributed by atoms with Crippen LogP contribution in [0.25, 0.3) is 0 Å². The summed E-state index contributed by atoms with van der Waals surface area (Å²) in [6, 6.07) is 3.88. The Balaban J connectivity index is 2.75. The van der Waals surface area contributed by atoms with Crippen molar-refractivity contribution in [2.75, 3.05) is 11.5 Å². The molecule has 0 heterocycles. The van der Waals surface area contributed by atoms with E-state index >= 15 is 0 Å². The molecule has 0 aliphatic rings. The molecule has 0 amide bonds. The molecule has 0 aliphatic heterocycles. The molecule has 0 bridgehead atoms. The lowest BCUT2D eigenvalue weighted by molar-refractivity contribution is -0.133. The first-order chi connectivity index (χ1) is 6.09. The van der Waals surface area contributed by atoms with E-state index in [9.17, 15) is 9.18 Å². The largest absolute Gasteiger partial charge is 0.481 e. The van der Waals surface area contributed by atoms with E-state index in [2.05, 4.69) is 0 Å². The molecule has 1 aromatic rings. The molecule has 0 radical (unpaired) electrons. The monoisotopic (exact) mass is 201 g/mol. The number of carbonyl (C=O) groups is 1. The molecule has 0 unspecified atom stereocenters. The van der Waals surface area contributed by atoms with Crippen LogP contribution < -0.4 is 5.73 Å². The van der Waals surface area contributed by atoms with E-state index in [4.69, 9.17) is 10.8 Å². The lowest BCUT2D eigenvalue weighted by atomic mass is 10.3. The minimum absolute atomic E-state index is 0.117. The van der Waals surface area contributed by atoms with Crippen LogP contribution in [0.4, 0.5) is 10.1 Å². The molecule has 0 aromatic heterocycles. The number of halogens is 1. The summed E-state index contributed by atoms with van der Waals surface area (Å²) in [5, 5.41) is 8.38. The molecular weight excluding hydrogens is 193 g/mol. The second-order valence-electron chi connectivity index (χ2n) is 2.36. The van der Waals surface area contributed by atoms with Crippen LogP contribution in [0.2, 0.25) is 0 Å². The third-order valence-electron chi connectivity index (χ3n) is 1.33. The molecule has 0 spiro atoms. The summed E-state index contributed by atoms with van der Waals surface area (Å²) < 4.78 is 12.7. The van der Waals surface area contributed by atoms with E-state index in [0.717, 1.165) is 11.8 Å². The average Bonchev–Trinajstić information content (AvgIpc) is 2.06. The van der Waals surface area contributed by atoms with Crippen LogP contribution >= 0.6 is 11.8 Å². The summed E-state index contributed by atoms with van der Waals surface area (Å²) in [5.41, 5.74) is 5.89. The molecule has 1 aromatic carbocycles. The predicted molar refractivity (Wildman–Crippen MR) is 49.2 cm³/mol. The number of aliphatic carboxylic acids is 1. The highest BCUT2D eigenvalue weighted by atomic mass is 32.2. The Morgan fingerprint density at radius 3 is 2.92 bits per heavy atom. The van der Waals surface area contributed by atoms with Crippen molar-refractivity contribution in [3.05, 3.63) is 24.0 Å². The van der Waals surface area contributed by atoms with Crippen LogP contribution in [0.3, 0.4) is 0 Å². The number of benzene rings is 1. The van der Waals surface area contributed by atoms with E-state index in [1.807, 2.05) is 0 Å². The zero-order chi connectivity index (χ0) is 9.84. The first-order valence-electron chi connectivity index (χ1n) is 3.49. The van der Waals surface area contributed by atoms with Gasteiger partial charge in [0.15, 0.2) is 0 Å². The van der Waals surface area contributed by atoms with E-state index in [1.165, 1.54) is 18.2 Å². The molecule has 3 nitrogen and oxygen atoms in total. The third-order valence-corrected chi connectivity index (χ3v) is 2.38. The maximum atomic E-state index is 12.7. The highest BCUT2D eigenvalue weighted by Crippen LogP contribution is 2.25. The van der Waals surface area contributed by atoms with E-state index in [-0.39, 0.29) is 5.75 Å². The molecule has 70 valence electrons. The van der Waals surface area contributed by atoms with Gasteiger partial charge in [-0.1, -0.05) is 0 Å². The van der Waals surface area contributed by atoms with E-state index in [0.29, 0.717) is 10.6 Å². The van der Waals surface area contributed by atoms with Gasteiger partial charge in [0.2, 0.25) is 0 Å². The van der Waals surface area contributed by atoms with Crippen molar-refractivity contribution in [1.29, 1.82) is 0 Å². The average molecular weight is 201 g/mol. The Bertz CT molecular complexity index is 330. The minimum Gasteiger partial charge on any atom is -0.481 e. The SMILES string of the molecule is Nc1ccc(F)cc1SCC(=O)O. The second kappa shape index (κ2) is 4.13. The number of anilines is 1. The highest BCUT2D eigenvalue weighted by molar-refractivity contribution is 8.00. The van der Waals surface area contributed by atoms with Crippen LogP contribution in [0.5, 0.6) is 0 Å². The van der Waals surface area contributed by atoms with Crippen LogP contribution in [0, 0.1) is 5.82 Å². The van der Waals surface area contributed by atoms with Crippen LogP contribution in [-0.2, 0) is 4.79 Å². The maximum absolute atomic E-state index is 12.7. The molecule has 0 saturated carbocycles. The Labute approximate surface area is 78.7 Å². The standard InChI is InChI=1S/C8H8FNO2S/c9-5-1-2-6(10)7(3-5)13-4-8(11)12/h1-3H,4,10H2,(H,11,12). The van der Waals surface area contributed by atoms with Gasteiger partial charge in [-0.25, -0.2) is 4.39 Å². The molecule has 0 aliphatic carbocycles. The smallest absolute Gasteiger partial charge is 0.313 e. The summed E-state index contributed by atoms with van der Waals surface area (Å²) in [6.45, 7) is 0. The Hall–Kier alpha value is -1.23. The van der Waals surface area contributed by atoms with Crippen molar-refractivity contribution in [2.45, 2.75) is 4.90 Å². The summed E-state index contributed by atoms with van der Waals surface area (Å²) in [4.78, 5) is 10.7. The Morgan fingerprint density at radius 1 is 1.62 bits per heavy atom. The number of thioether (sulfide) groups is 1. The van der Waals surface area contributed by atoms with Crippen LogP contribution in [0.1, 0.15) is 0 Å². The zero-order valence-corrected chi connectivity index (χ0v) is 7.47. The maximum Gasteiger partial charge on any atom is 0.313 e. The first kappa shape index (κ1) is 9.85. The quantitative estimate of drug-likeness (QED) is 0.575. The van der Waals surface area contributed by atoms with E-state index < -0.39 is 11.8 Å². The van der Waals surface area contributed by atoms with Gasteiger partial charge >= 0.3 is 5.97 Å². The van der Waals surface area contributed by atoms with Crippen molar-refractivity contribution < 1.29 is 14.3 Å². The van der Waals surface area contributed by atoms with Crippen molar-refractivity contribution in [1.82, 2.24) is 0 Å². The number of hydrogen-bond acceptors (Lipinski definition) is 3. The lowest BCUT2D eigenvalue weighted by Crippen LogP contribution is -1.99. The Morgan fingerprint density at radius 2 is 2.31 bits per heavy atom. The van der Waals surface area contributed by atoms with Crippen LogP contribution in [0.15, 0.2) is 23.1 Å². The van der Waals surface area contributed by atoms with Crippen molar-refractivity contribution >= 4 is 23.4 Å². The molecule has 13 heavy (non-hydrogen) atoms. The fourth-order valence-electron chi connectivity index (χ4n) is 0.773. The number of carboxylic acid groups (broad SMARTS) is 1. The summed E-state index contributed by atoms with van der Waals surface area (Å²) in [5.74, 6) is -1.48. The fourth-order valence-corrected chi connectivity index (χ4v) is 1.48. The summed E-state index contributed by atoms with van der Waals surface area (Å²) >= 11 is 1.00. The lowest BCUT2D eigenvalue weighted by Gasteiger charge is -2.02. The summed E-state index contributed by atoms with van der Waals surface area (Å²) in [7, 11) is 0. The van der Waals surface area contributed by atoms with Gasteiger partial charge < -0.3 is 10.8 Å². The number of rotatable bonds is 3. The predicted octanol–water partition coefficient (Wildman–Crippen LogP) is 1.58. The van der Waals surface area contributed by atoms with Gasteiger partial charge in [-0.3, -0.25) is 4.79 Å². The van der Waals surface area contributed by atoms with Crippen molar-refractivity contribution in [3.8, 4) is 0 Å². The number of nitrogen functional groups attached to an aromatic ring is 1. The topological polar surface area (TPSA) is 63.3 Å². The molecule has 3 N–H and O–H groups in total. The molecule has 1 rings (SSSR count). The van der Waals surface area contributed by atoms with Gasteiger partial charge in [-0.2, -0.15) is 0 Å². The number of carboxylic acids is 1. The van der Waals surface area contributed by atoms with Gasteiger partial charge in [0.1, 0.15) is 5.82 Å². The van der Waals surface area contributed by atoms with Gasteiger partial charge in [-0.05, 0) is 18.2 Å². The first-order valence-corrected chi connectivity index (χ1v) is 4.48. The van der Waals surface area contributed by atoms with Gasteiger partial charge in [0.05, 0.1) is 5.75 Å². The third kappa shape index (κ3) is 2.95. The fraction of sp³-hybridized carbons (Fsp3) is 0.125. The molecular formula is C8H8FNO2S. The molecule has 5 heteroatoms. The normalized spacial score (nSPS) is 9.92. The van der Waals surface area contributed by atoms with Crippen molar-refractivity contribution in [3.63, 3.8) is 0 Å². The van der Waals surface area contributed by atoms with Gasteiger partial charge in [-0.15, -0.1) is 11.8 Å². The number of nitrogens with two attached hydrogens (primary N) is 1. The molecule has 0 saturated heterocycles. The number of hydrogen-bond donors (Lipinski definition) is 2. The zero-order valence-electron chi connectivity index (χ0n) is 6.66. The van der Waals surface area contributed by atoms with Gasteiger partial charge in [0, 0.05) is 10.6 Å².